The van der Waals surface area contributed by atoms with Crippen molar-refractivity contribution in [1.29, 1.82) is 0 Å². The molecule has 146 valence electrons. The fourth-order valence-electron chi connectivity index (χ4n) is 3.94. The Labute approximate surface area is 165 Å². The van der Waals surface area contributed by atoms with Crippen LogP contribution in [0.5, 0.6) is 5.75 Å². The Morgan fingerprint density at radius 3 is 2.68 bits per heavy atom. The highest BCUT2D eigenvalue weighted by molar-refractivity contribution is 5.86. The predicted octanol–water partition coefficient (Wildman–Crippen LogP) is 5.03. The number of ether oxygens (including phenoxy) is 1. The van der Waals surface area contributed by atoms with Crippen LogP contribution in [0, 0.1) is 6.92 Å². The van der Waals surface area contributed by atoms with Crippen LogP contribution in [-0.4, -0.2) is 18.2 Å². The SMILES string of the molecule is CCCCCN1COc2ccc3c(C)c(Cc4ccccc4)c(=O)oc3c2C1. The van der Waals surface area contributed by atoms with Crippen LogP contribution in [0.25, 0.3) is 11.0 Å². The van der Waals surface area contributed by atoms with Gasteiger partial charge < -0.3 is 9.15 Å². The third-order valence-corrected chi connectivity index (χ3v) is 5.60. The number of aryl methyl sites for hydroxylation is 1. The van der Waals surface area contributed by atoms with E-state index in [1.165, 1.54) is 12.8 Å². The Bertz CT molecular complexity index is 1020. The topological polar surface area (TPSA) is 42.7 Å². The fourth-order valence-corrected chi connectivity index (χ4v) is 3.94. The van der Waals surface area contributed by atoms with E-state index in [1.807, 2.05) is 49.4 Å². The standard InChI is InChI=1S/C24H27NO3/c1-3-4-8-13-25-15-21-22(27-16-25)12-11-19-17(2)20(24(26)28-23(19)21)14-18-9-6-5-7-10-18/h5-7,9-12H,3-4,8,13-16H2,1-2H3. The molecule has 0 N–H and O–H groups in total. The van der Waals surface area contributed by atoms with Crippen molar-refractivity contribution in [3.63, 3.8) is 0 Å². The van der Waals surface area contributed by atoms with Crippen molar-refractivity contribution in [2.24, 2.45) is 0 Å². The molecule has 0 fully saturated rings. The molecular formula is C24H27NO3. The van der Waals surface area contributed by atoms with Crippen LogP contribution < -0.4 is 10.4 Å². The fraction of sp³-hybridized carbons (Fsp3) is 0.375. The maximum Gasteiger partial charge on any atom is 0.340 e. The average molecular weight is 377 g/mol. The zero-order valence-electron chi connectivity index (χ0n) is 16.7. The summed E-state index contributed by atoms with van der Waals surface area (Å²) in [6.07, 6.45) is 4.16. The number of unbranched alkanes of at least 4 members (excludes halogenated alkanes) is 2. The molecule has 0 saturated heterocycles. The summed E-state index contributed by atoms with van der Waals surface area (Å²) in [5.74, 6) is 0.831. The van der Waals surface area contributed by atoms with E-state index >= 15 is 0 Å². The summed E-state index contributed by atoms with van der Waals surface area (Å²) in [5.41, 5.74) is 4.27. The van der Waals surface area contributed by atoms with E-state index in [4.69, 9.17) is 9.15 Å². The maximum atomic E-state index is 12.8. The van der Waals surface area contributed by atoms with Gasteiger partial charge in [-0.3, -0.25) is 4.90 Å². The van der Waals surface area contributed by atoms with Crippen LogP contribution in [0.4, 0.5) is 0 Å². The smallest absolute Gasteiger partial charge is 0.340 e. The third kappa shape index (κ3) is 3.69. The molecule has 1 aliphatic rings. The summed E-state index contributed by atoms with van der Waals surface area (Å²) in [6, 6.07) is 14.1. The van der Waals surface area contributed by atoms with E-state index in [2.05, 4.69) is 11.8 Å². The highest BCUT2D eigenvalue weighted by Gasteiger charge is 2.23. The number of hydrogen-bond donors (Lipinski definition) is 0. The number of rotatable bonds is 6. The molecule has 3 aromatic rings. The second-order valence-electron chi connectivity index (χ2n) is 7.61. The van der Waals surface area contributed by atoms with Crippen molar-refractivity contribution >= 4 is 11.0 Å². The van der Waals surface area contributed by atoms with Crippen LogP contribution in [0.2, 0.25) is 0 Å². The summed E-state index contributed by atoms with van der Waals surface area (Å²) in [4.78, 5) is 15.1. The number of fused-ring (bicyclic) bond motifs is 3. The first-order valence-corrected chi connectivity index (χ1v) is 10.1. The zero-order chi connectivity index (χ0) is 19.5. The molecule has 0 bridgehead atoms. The van der Waals surface area contributed by atoms with Gasteiger partial charge in [0.25, 0.3) is 0 Å². The Kier molecular flexibility index (Phi) is 5.49. The highest BCUT2D eigenvalue weighted by Crippen LogP contribution is 2.34. The van der Waals surface area contributed by atoms with Gasteiger partial charge in [-0.15, -0.1) is 0 Å². The lowest BCUT2D eigenvalue weighted by atomic mass is 9.98. The van der Waals surface area contributed by atoms with Gasteiger partial charge in [0.05, 0.1) is 5.56 Å². The van der Waals surface area contributed by atoms with E-state index in [0.717, 1.165) is 52.9 Å². The molecule has 0 aliphatic carbocycles. The molecule has 1 aliphatic heterocycles. The molecule has 0 spiro atoms. The molecule has 28 heavy (non-hydrogen) atoms. The molecule has 4 nitrogen and oxygen atoms in total. The number of benzene rings is 2. The Balaban J connectivity index is 1.70. The van der Waals surface area contributed by atoms with Gasteiger partial charge in [0, 0.05) is 30.5 Å². The molecule has 2 aromatic carbocycles. The first-order valence-electron chi connectivity index (χ1n) is 10.1. The summed E-state index contributed by atoms with van der Waals surface area (Å²) in [7, 11) is 0. The average Bonchev–Trinajstić information content (AvgIpc) is 2.72. The van der Waals surface area contributed by atoms with Crippen molar-refractivity contribution in [1.82, 2.24) is 4.90 Å². The van der Waals surface area contributed by atoms with E-state index in [1.54, 1.807) is 0 Å². The molecule has 4 heteroatoms. The van der Waals surface area contributed by atoms with Crippen molar-refractivity contribution in [3.8, 4) is 5.75 Å². The molecule has 0 amide bonds. The molecule has 0 atom stereocenters. The van der Waals surface area contributed by atoms with Crippen LogP contribution in [0.15, 0.2) is 51.7 Å². The molecule has 0 saturated carbocycles. The highest BCUT2D eigenvalue weighted by atomic mass is 16.5. The van der Waals surface area contributed by atoms with E-state index in [0.29, 0.717) is 18.7 Å². The normalized spacial score (nSPS) is 14.1. The predicted molar refractivity (Wildman–Crippen MR) is 112 cm³/mol. The van der Waals surface area contributed by atoms with Gasteiger partial charge in [0.15, 0.2) is 0 Å². The van der Waals surface area contributed by atoms with E-state index < -0.39 is 0 Å². The Morgan fingerprint density at radius 2 is 1.89 bits per heavy atom. The molecule has 2 heterocycles. The van der Waals surface area contributed by atoms with Gasteiger partial charge in [-0.1, -0.05) is 50.1 Å². The minimum atomic E-state index is -0.245. The van der Waals surface area contributed by atoms with Crippen LogP contribution in [0.1, 0.15) is 48.4 Å². The van der Waals surface area contributed by atoms with Crippen molar-refractivity contribution in [2.75, 3.05) is 13.3 Å². The van der Waals surface area contributed by atoms with Gasteiger partial charge in [-0.25, -0.2) is 4.79 Å². The number of hydrogen-bond acceptors (Lipinski definition) is 4. The van der Waals surface area contributed by atoms with Gasteiger partial charge in [0.1, 0.15) is 18.1 Å². The van der Waals surface area contributed by atoms with Gasteiger partial charge in [0.2, 0.25) is 0 Å². The lowest BCUT2D eigenvalue weighted by Crippen LogP contribution is -2.33. The van der Waals surface area contributed by atoms with E-state index in [-0.39, 0.29) is 5.63 Å². The number of nitrogens with zero attached hydrogens (tertiary/aromatic N) is 1. The lowest BCUT2D eigenvalue weighted by molar-refractivity contribution is 0.0939. The van der Waals surface area contributed by atoms with Crippen LogP contribution >= 0.6 is 0 Å². The minimum absolute atomic E-state index is 0.245. The lowest BCUT2D eigenvalue weighted by Gasteiger charge is -2.29. The summed E-state index contributed by atoms with van der Waals surface area (Å²) >= 11 is 0. The Hall–Kier alpha value is -2.59. The maximum absolute atomic E-state index is 12.8. The summed E-state index contributed by atoms with van der Waals surface area (Å²) in [5, 5.41) is 1.00. The minimum Gasteiger partial charge on any atom is -0.478 e. The summed E-state index contributed by atoms with van der Waals surface area (Å²) < 4.78 is 11.8. The molecule has 0 unspecified atom stereocenters. The zero-order valence-corrected chi connectivity index (χ0v) is 16.7. The molecule has 0 radical (unpaired) electrons. The van der Waals surface area contributed by atoms with Gasteiger partial charge in [-0.05, 0) is 36.6 Å². The van der Waals surface area contributed by atoms with E-state index in [9.17, 15) is 4.79 Å². The second-order valence-corrected chi connectivity index (χ2v) is 7.61. The molecule has 4 rings (SSSR count). The Morgan fingerprint density at radius 1 is 1.07 bits per heavy atom. The largest absolute Gasteiger partial charge is 0.478 e. The van der Waals surface area contributed by atoms with Gasteiger partial charge >= 0.3 is 5.63 Å². The van der Waals surface area contributed by atoms with Crippen molar-refractivity contribution in [3.05, 3.63) is 75.1 Å². The molecular weight excluding hydrogens is 350 g/mol. The molecule has 1 aromatic heterocycles. The first kappa shape index (κ1) is 18.8. The van der Waals surface area contributed by atoms with Crippen molar-refractivity contribution < 1.29 is 9.15 Å². The quantitative estimate of drug-likeness (QED) is 0.446. The first-order chi connectivity index (χ1) is 13.7. The van der Waals surface area contributed by atoms with Crippen LogP contribution in [-0.2, 0) is 13.0 Å². The monoisotopic (exact) mass is 377 g/mol. The van der Waals surface area contributed by atoms with Crippen molar-refractivity contribution in [2.45, 2.75) is 46.1 Å². The third-order valence-electron chi connectivity index (χ3n) is 5.60. The van der Waals surface area contributed by atoms with Crippen LogP contribution in [0.3, 0.4) is 0 Å². The van der Waals surface area contributed by atoms with Gasteiger partial charge in [-0.2, -0.15) is 0 Å². The summed E-state index contributed by atoms with van der Waals surface area (Å²) in [6.45, 7) is 6.58. The second kappa shape index (κ2) is 8.19.